The Balaban J connectivity index is 1.75. The van der Waals surface area contributed by atoms with Gasteiger partial charge in [0.25, 0.3) is 0 Å². The molecule has 0 radical (unpaired) electrons. The van der Waals surface area contributed by atoms with Crippen LogP contribution >= 0.6 is 0 Å². The van der Waals surface area contributed by atoms with Crippen molar-refractivity contribution in [3.05, 3.63) is 41.9 Å². The first-order chi connectivity index (χ1) is 13.0. The largest absolute Gasteiger partial charge is 0.383 e. The summed E-state index contributed by atoms with van der Waals surface area (Å²) < 4.78 is 13.0. The summed E-state index contributed by atoms with van der Waals surface area (Å²) in [6, 6.07) is 7.14. The van der Waals surface area contributed by atoms with Crippen LogP contribution in [0.15, 0.2) is 30.6 Å². The lowest BCUT2D eigenvalue weighted by atomic mass is 10.0. The van der Waals surface area contributed by atoms with Gasteiger partial charge in [-0.3, -0.25) is 4.79 Å². The number of pyridine rings is 3. The van der Waals surface area contributed by atoms with Gasteiger partial charge in [-0.15, -0.1) is 0 Å². The van der Waals surface area contributed by atoms with E-state index >= 15 is 0 Å². The van der Waals surface area contributed by atoms with Gasteiger partial charge < -0.3 is 11.1 Å². The van der Waals surface area contributed by atoms with Gasteiger partial charge >= 0.3 is 0 Å². The van der Waals surface area contributed by atoms with Crippen LogP contribution in [0.5, 0.6) is 0 Å². The third-order valence-corrected chi connectivity index (χ3v) is 4.54. The normalized spacial score (nSPS) is 18.1. The predicted molar refractivity (Wildman–Crippen MR) is 98.3 cm³/mol. The Morgan fingerprint density at radius 2 is 2.11 bits per heavy atom. The third kappa shape index (κ3) is 3.15. The maximum absolute atomic E-state index is 13.0. The van der Waals surface area contributed by atoms with Crippen molar-refractivity contribution >= 4 is 28.3 Å². The van der Waals surface area contributed by atoms with Crippen molar-refractivity contribution < 1.29 is 9.18 Å². The number of aryl methyl sites for hydroxylation is 1. The highest BCUT2D eigenvalue weighted by molar-refractivity contribution is 5.98. The maximum Gasteiger partial charge on any atom is 0.231 e. The molecule has 2 atom stereocenters. The lowest BCUT2D eigenvalue weighted by Crippen LogP contribution is -2.15. The van der Waals surface area contributed by atoms with E-state index in [2.05, 4.69) is 20.3 Å². The summed E-state index contributed by atoms with van der Waals surface area (Å²) >= 11 is 0. The van der Waals surface area contributed by atoms with Crippen LogP contribution < -0.4 is 11.1 Å². The average Bonchev–Trinajstić information content (AvgIpc) is 3.38. The molecular weight excluding hydrogens is 347 g/mol. The molecule has 0 aromatic carbocycles. The summed E-state index contributed by atoms with van der Waals surface area (Å²) in [7, 11) is 0. The summed E-state index contributed by atoms with van der Waals surface area (Å²) in [4.78, 5) is 24.5. The Hall–Kier alpha value is -3.60. The fourth-order valence-corrected chi connectivity index (χ4v) is 2.90. The minimum Gasteiger partial charge on any atom is -0.383 e. The number of alkyl halides is 1. The number of nitrogens with zero attached hydrogens (tertiary/aromatic N) is 4. The Labute approximate surface area is 154 Å². The number of nitriles is 1. The molecule has 1 saturated carbocycles. The van der Waals surface area contributed by atoms with Gasteiger partial charge in [-0.2, -0.15) is 5.26 Å². The molecule has 0 aliphatic heterocycles. The van der Waals surface area contributed by atoms with Gasteiger partial charge in [0.15, 0.2) is 0 Å². The molecule has 1 aliphatic rings. The first-order valence-corrected chi connectivity index (χ1v) is 8.34. The molecule has 1 aliphatic carbocycles. The highest BCUT2D eigenvalue weighted by Gasteiger charge is 2.43. The van der Waals surface area contributed by atoms with Crippen LogP contribution in [0.3, 0.4) is 0 Å². The van der Waals surface area contributed by atoms with Gasteiger partial charge in [0.2, 0.25) is 5.91 Å². The van der Waals surface area contributed by atoms with Gasteiger partial charge in [-0.1, -0.05) is 0 Å². The number of carbonyl (C=O) groups excluding carboxylic acids is 1. The zero-order chi connectivity index (χ0) is 19.1. The van der Waals surface area contributed by atoms with E-state index in [4.69, 9.17) is 11.0 Å². The minimum atomic E-state index is -1.07. The molecule has 1 amide bonds. The highest BCUT2D eigenvalue weighted by Crippen LogP contribution is 2.35. The van der Waals surface area contributed by atoms with E-state index in [0.29, 0.717) is 16.9 Å². The second-order valence-electron chi connectivity index (χ2n) is 6.53. The van der Waals surface area contributed by atoms with E-state index in [0.717, 1.165) is 16.5 Å². The molecule has 0 saturated heterocycles. The number of nitrogen functional groups attached to an aromatic ring is 1. The van der Waals surface area contributed by atoms with E-state index in [9.17, 15) is 9.18 Å². The number of nitrogens with one attached hydrogen (secondary N) is 1. The fourth-order valence-electron chi connectivity index (χ4n) is 2.90. The summed E-state index contributed by atoms with van der Waals surface area (Å²) in [6.45, 7) is 1.87. The van der Waals surface area contributed by atoms with E-state index < -0.39 is 12.1 Å². The number of aromatic nitrogens is 3. The van der Waals surface area contributed by atoms with Crippen LogP contribution in [0.25, 0.3) is 22.0 Å². The smallest absolute Gasteiger partial charge is 0.231 e. The first-order valence-electron chi connectivity index (χ1n) is 8.34. The van der Waals surface area contributed by atoms with Crippen molar-refractivity contribution in [1.29, 1.82) is 5.26 Å². The topological polar surface area (TPSA) is 118 Å². The number of fused-ring (bicyclic) bond motifs is 1. The quantitative estimate of drug-likeness (QED) is 0.740. The number of carbonyl (C=O) groups is 1. The van der Waals surface area contributed by atoms with Crippen LogP contribution in [0, 0.1) is 24.2 Å². The van der Waals surface area contributed by atoms with Crippen molar-refractivity contribution in [3.63, 3.8) is 0 Å². The molecular formula is C19H15FN6O. The Morgan fingerprint density at radius 3 is 2.81 bits per heavy atom. The lowest BCUT2D eigenvalue weighted by molar-refractivity contribution is -0.117. The molecule has 3 aromatic rings. The summed E-state index contributed by atoms with van der Waals surface area (Å²) in [5.74, 6) is -0.356. The van der Waals surface area contributed by atoms with Crippen molar-refractivity contribution in [2.24, 2.45) is 5.92 Å². The molecule has 3 aromatic heterocycles. The molecule has 3 heterocycles. The first kappa shape index (κ1) is 16.8. The number of nitrogens with two attached hydrogens (primary N) is 1. The number of anilines is 2. The molecule has 7 nitrogen and oxygen atoms in total. The second kappa shape index (κ2) is 6.29. The molecule has 8 heteroatoms. The SMILES string of the molecule is Cc1cnc(C#N)cc1-c1cc2cc(NC(=O)[C@@H]3C[C@@H]3F)ncc2c(N)n1. The third-order valence-electron chi connectivity index (χ3n) is 4.54. The van der Waals surface area contributed by atoms with Crippen LogP contribution in [-0.4, -0.2) is 27.0 Å². The molecule has 27 heavy (non-hydrogen) atoms. The maximum atomic E-state index is 13.0. The molecule has 1 fully saturated rings. The summed E-state index contributed by atoms with van der Waals surface area (Å²) in [5.41, 5.74) is 8.54. The molecule has 0 spiro atoms. The number of hydrogen-bond acceptors (Lipinski definition) is 6. The van der Waals surface area contributed by atoms with Crippen molar-refractivity contribution in [3.8, 4) is 17.3 Å². The van der Waals surface area contributed by atoms with Gasteiger partial charge in [0.05, 0.1) is 11.6 Å². The molecule has 4 rings (SSSR count). The standard InChI is InChI=1S/C19H15FN6O/c1-9-7-23-11(6-21)4-12(9)16-2-10-3-17(24-8-14(10)18(22)25-16)26-19(27)13-5-15(13)20/h2-4,7-8,13,15H,5H2,1H3,(H2,22,25)(H,24,26,27)/t13-,15+/m1/s1. The van der Waals surface area contributed by atoms with Gasteiger partial charge in [0, 0.05) is 23.3 Å². The molecule has 3 N–H and O–H groups in total. The zero-order valence-electron chi connectivity index (χ0n) is 14.4. The van der Waals surface area contributed by atoms with Gasteiger partial charge in [0.1, 0.15) is 29.6 Å². The Bertz CT molecular complexity index is 1120. The van der Waals surface area contributed by atoms with Crippen molar-refractivity contribution in [2.75, 3.05) is 11.1 Å². The van der Waals surface area contributed by atoms with E-state index in [1.165, 1.54) is 6.20 Å². The van der Waals surface area contributed by atoms with E-state index in [-0.39, 0.29) is 23.8 Å². The van der Waals surface area contributed by atoms with E-state index in [1.54, 1.807) is 18.3 Å². The molecule has 0 bridgehead atoms. The monoisotopic (exact) mass is 362 g/mol. The van der Waals surface area contributed by atoms with Crippen molar-refractivity contribution in [2.45, 2.75) is 19.5 Å². The Kier molecular flexibility index (Phi) is 3.92. The van der Waals surface area contributed by atoms with Crippen LogP contribution in [0.1, 0.15) is 17.7 Å². The van der Waals surface area contributed by atoms with E-state index in [1.807, 2.05) is 19.1 Å². The summed E-state index contributed by atoms with van der Waals surface area (Å²) in [5, 5.41) is 13.1. The number of amides is 1. The fraction of sp³-hybridized carbons (Fsp3) is 0.211. The average molecular weight is 362 g/mol. The number of hydrogen-bond donors (Lipinski definition) is 2. The van der Waals surface area contributed by atoms with Crippen molar-refractivity contribution in [1.82, 2.24) is 15.0 Å². The van der Waals surface area contributed by atoms with Crippen LogP contribution in [0.2, 0.25) is 0 Å². The van der Waals surface area contributed by atoms with Crippen LogP contribution in [0.4, 0.5) is 16.0 Å². The number of halogens is 1. The number of rotatable bonds is 3. The predicted octanol–water partition coefficient (Wildman–Crippen LogP) is 2.75. The van der Waals surface area contributed by atoms with Gasteiger partial charge in [-0.05, 0) is 42.5 Å². The zero-order valence-corrected chi connectivity index (χ0v) is 14.4. The lowest BCUT2D eigenvalue weighted by Gasteiger charge is -2.10. The second-order valence-corrected chi connectivity index (χ2v) is 6.53. The Morgan fingerprint density at radius 1 is 1.33 bits per heavy atom. The van der Waals surface area contributed by atoms with Crippen LogP contribution in [-0.2, 0) is 4.79 Å². The van der Waals surface area contributed by atoms with Gasteiger partial charge in [-0.25, -0.2) is 19.3 Å². The summed E-state index contributed by atoms with van der Waals surface area (Å²) in [6.07, 6.45) is 2.32. The highest BCUT2D eigenvalue weighted by atomic mass is 19.1. The minimum absolute atomic E-state index is 0.253. The molecule has 134 valence electrons. The molecule has 0 unspecified atom stereocenters.